The molecule has 28 heavy (non-hydrogen) atoms. The molecule has 1 aromatic carbocycles. The summed E-state index contributed by atoms with van der Waals surface area (Å²) in [7, 11) is 0. The molecule has 1 aliphatic rings. The van der Waals surface area contributed by atoms with Gasteiger partial charge >= 0.3 is 0 Å². The van der Waals surface area contributed by atoms with Crippen molar-refractivity contribution in [3.8, 4) is 0 Å². The zero-order valence-electron chi connectivity index (χ0n) is 15.9. The van der Waals surface area contributed by atoms with Crippen LogP contribution in [0.4, 0.5) is 11.4 Å². The van der Waals surface area contributed by atoms with Crippen molar-refractivity contribution < 1.29 is 9.59 Å². The highest BCUT2D eigenvalue weighted by atomic mass is 16.2. The summed E-state index contributed by atoms with van der Waals surface area (Å²) >= 11 is 0. The third kappa shape index (κ3) is 3.85. The lowest BCUT2D eigenvalue weighted by Gasteiger charge is -2.11. The van der Waals surface area contributed by atoms with Crippen LogP contribution < -0.4 is 10.6 Å². The number of nitrogens with zero attached hydrogens (tertiary/aromatic N) is 4. The van der Waals surface area contributed by atoms with Crippen molar-refractivity contribution in [1.82, 2.24) is 19.6 Å². The van der Waals surface area contributed by atoms with E-state index >= 15 is 0 Å². The van der Waals surface area contributed by atoms with Crippen LogP contribution in [0.15, 0.2) is 30.6 Å². The molecule has 1 saturated carbocycles. The summed E-state index contributed by atoms with van der Waals surface area (Å²) in [5.41, 5.74) is 4.26. The predicted octanol–water partition coefficient (Wildman–Crippen LogP) is 2.66. The van der Waals surface area contributed by atoms with Crippen molar-refractivity contribution >= 4 is 29.0 Å². The van der Waals surface area contributed by atoms with Gasteiger partial charge in [0.25, 0.3) is 5.78 Å². The van der Waals surface area contributed by atoms with Gasteiger partial charge in [-0.25, -0.2) is 9.50 Å². The maximum Gasteiger partial charge on any atom is 0.252 e. The lowest BCUT2D eigenvalue weighted by atomic mass is 10.1. The number of rotatable bonds is 6. The second-order valence-electron chi connectivity index (χ2n) is 7.12. The largest absolute Gasteiger partial charge is 0.326 e. The molecule has 0 bridgehead atoms. The van der Waals surface area contributed by atoms with Gasteiger partial charge in [-0.15, -0.1) is 0 Å². The van der Waals surface area contributed by atoms with E-state index in [1.807, 2.05) is 13.8 Å². The van der Waals surface area contributed by atoms with Gasteiger partial charge in [0.1, 0.15) is 6.33 Å². The highest BCUT2D eigenvalue weighted by Crippen LogP contribution is 2.30. The van der Waals surface area contributed by atoms with Gasteiger partial charge in [0, 0.05) is 35.1 Å². The zero-order valence-corrected chi connectivity index (χ0v) is 15.9. The summed E-state index contributed by atoms with van der Waals surface area (Å²) in [6.07, 6.45) is 4.32. The number of amides is 2. The van der Waals surface area contributed by atoms with Crippen molar-refractivity contribution in [2.45, 2.75) is 39.5 Å². The number of hydrogen-bond donors (Lipinski definition) is 2. The van der Waals surface area contributed by atoms with E-state index in [1.54, 1.807) is 28.8 Å². The molecule has 2 N–H and O–H groups in total. The molecule has 2 amide bonds. The fraction of sp³-hybridized carbons (Fsp3) is 0.350. The molecule has 0 saturated heterocycles. The zero-order chi connectivity index (χ0) is 19.7. The first kappa shape index (κ1) is 18.1. The molecule has 0 radical (unpaired) electrons. The minimum atomic E-state index is -0.0766. The first-order valence-corrected chi connectivity index (χ1v) is 9.38. The number of benzene rings is 1. The molecule has 1 aliphatic carbocycles. The molecule has 8 nitrogen and oxygen atoms in total. The lowest BCUT2D eigenvalue weighted by Crippen LogP contribution is -2.15. The fourth-order valence-electron chi connectivity index (χ4n) is 3.21. The van der Waals surface area contributed by atoms with E-state index in [4.69, 9.17) is 0 Å². The average Bonchev–Trinajstić information content (AvgIpc) is 3.42. The van der Waals surface area contributed by atoms with Gasteiger partial charge in [0.2, 0.25) is 11.8 Å². The van der Waals surface area contributed by atoms with Crippen LogP contribution in [0.3, 0.4) is 0 Å². The van der Waals surface area contributed by atoms with Crippen molar-refractivity contribution in [2.24, 2.45) is 5.92 Å². The Labute approximate surface area is 162 Å². The number of carbonyl (C=O) groups excluding carboxylic acids is 2. The molecule has 2 aromatic heterocycles. The van der Waals surface area contributed by atoms with Gasteiger partial charge in [0.05, 0.1) is 0 Å². The third-order valence-corrected chi connectivity index (χ3v) is 4.98. The molecule has 4 rings (SSSR count). The number of nitrogens with one attached hydrogen (secondary N) is 2. The van der Waals surface area contributed by atoms with Crippen molar-refractivity contribution in [3.63, 3.8) is 0 Å². The minimum absolute atomic E-state index is 0.0699. The van der Waals surface area contributed by atoms with Gasteiger partial charge in [-0.05, 0) is 62.9 Å². The quantitative estimate of drug-likeness (QED) is 0.687. The van der Waals surface area contributed by atoms with E-state index in [0.29, 0.717) is 24.3 Å². The Morgan fingerprint density at radius 3 is 2.46 bits per heavy atom. The summed E-state index contributed by atoms with van der Waals surface area (Å²) in [5, 5.41) is 9.95. The molecule has 0 atom stereocenters. The first-order chi connectivity index (χ1) is 13.5. The van der Waals surface area contributed by atoms with Crippen LogP contribution in [-0.2, 0) is 16.0 Å². The van der Waals surface area contributed by atoms with Gasteiger partial charge in [-0.1, -0.05) is 0 Å². The van der Waals surface area contributed by atoms with Crippen LogP contribution >= 0.6 is 0 Å². The van der Waals surface area contributed by atoms with E-state index < -0.39 is 0 Å². The molecule has 144 valence electrons. The van der Waals surface area contributed by atoms with E-state index in [-0.39, 0.29) is 17.7 Å². The monoisotopic (exact) mass is 378 g/mol. The number of fused-ring (bicyclic) bond motifs is 1. The number of aryl methyl sites for hydroxylation is 2. The lowest BCUT2D eigenvalue weighted by molar-refractivity contribution is -0.117. The second kappa shape index (κ2) is 7.38. The van der Waals surface area contributed by atoms with Crippen LogP contribution in [0.5, 0.6) is 0 Å². The standard InChI is InChI=1S/C20H22N6O2/c1-12-17(13(2)26-20(23-12)21-11-22-26)9-10-18(27)24-15-5-7-16(8-6-15)25-19(28)14-3-4-14/h5-8,11,14H,3-4,9-10H2,1-2H3,(H,24,27)(H,25,28). The third-order valence-electron chi connectivity index (χ3n) is 4.98. The Kier molecular flexibility index (Phi) is 4.77. The molecule has 0 spiro atoms. The topological polar surface area (TPSA) is 101 Å². The fourth-order valence-corrected chi connectivity index (χ4v) is 3.21. The highest BCUT2D eigenvalue weighted by molar-refractivity contribution is 5.95. The van der Waals surface area contributed by atoms with Crippen LogP contribution in [0.2, 0.25) is 0 Å². The number of aromatic nitrogens is 4. The molecule has 8 heteroatoms. The highest BCUT2D eigenvalue weighted by Gasteiger charge is 2.29. The molecule has 0 aliphatic heterocycles. The van der Waals surface area contributed by atoms with Crippen LogP contribution in [0.25, 0.3) is 5.78 Å². The number of carbonyl (C=O) groups is 2. The Hall–Kier alpha value is -3.29. The van der Waals surface area contributed by atoms with Crippen LogP contribution in [0.1, 0.15) is 36.2 Å². The average molecular weight is 378 g/mol. The molecule has 2 heterocycles. The van der Waals surface area contributed by atoms with Gasteiger partial charge in [-0.3, -0.25) is 9.59 Å². The Bertz CT molecular complexity index is 1040. The molecule has 3 aromatic rings. The predicted molar refractivity (Wildman–Crippen MR) is 105 cm³/mol. The maximum atomic E-state index is 12.3. The SMILES string of the molecule is Cc1nc2ncnn2c(C)c1CCC(=O)Nc1ccc(NC(=O)C2CC2)cc1. The van der Waals surface area contributed by atoms with Gasteiger partial charge in [0.15, 0.2) is 0 Å². The van der Waals surface area contributed by atoms with E-state index in [1.165, 1.54) is 6.33 Å². The van der Waals surface area contributed by atoms with E-state index in [9.17, 15) is 9.59 Å². The summed E-state index contributed by atoms with van der Waals surface area (Å²) in [6, 6.07) is 7.18. The summed E-state index contributed by atoms with van der Waals surface area (Å²) < 4.78 is 1.69. The van der Waals surface area contributed by atoms with Crippen molar-refractivity contribution in [1.29, 1.82) is 0 Å². The molecule has 1 fully saturated rings. The Morgan fingerprint density at radius 1 is 1.11 bits per heavy atom. The van der Waals surface area contributed by atoms with Crippen molar-refractivity contribution in [2.75, 3.05) is 10.6 Å². The van der Waals surface area contributed by atoms with Crippen LogP contribution in [-0.4, -0.2) is 31.4 Å². The normalized spacial score (nSPS) is 13.5. The summed E-state index contributed by atoms with van der Waals surface area (Å²) in [6.45, 7) is 3.88. The van der Waals surface area contributed by atoms with Gasteiger partial charge in [-0.2, -0.15) is 10.1 Å². The first-order valence-electron chi connectivity index (χ1n) is 9.38. The maximum absolute atomic E-state index is 12.3. The Balaban J connectivity index is 1.35. The second-order valence-corrected chi connectivity index (χ2v) is 7.12. The number of hydrogen-bond acceptors (Lipinski definition) is 5. The van der Waals surface area contributed by atoms with Crippen LogP contribution in [0, 0.1) is 19.8 Å². The van der Waals surface area contributed by atoms with Crippen molar-refractivity contribution in [3.05, 3.63) is 47.5 Å². The molecule has 0 unspecified atom stereocenters. The number of anilines is 2. The minimum Gasteiger partial charge on any atom is -0.326 e. The smallest absolute Gasteiger partial charge is 0.252 e. The Morgan fingerprint density at radius 2 is 1.79 bits per heavy atom. The summed E-state index contributed by atoms with van der Waals surface area (Å²) in [4.78, 5) is 32.7. The molecular formula is C20H22N6O2. The molecular weight excluding hydrogens is 356 g/mol. The van der Waals surface area contributed by atoms with E-state index in [2.05, 4.69) is 25.7 Å². The van der Waals surface area contributed by atoms with E-state index in [0.717, 1.165) is 35.5 Å². The summed E-state index contributed by atoms with van der Waals surface area (Å²) in [5.74, 6) is 0.724. The van der Waals surface area contributed by atoms with Gasteiger partial charge < -0.3 is 10.6 Å².